The van der Waals surface area contributed by atoms with Crippen LogP contribution in [0.4, 0.5) is 0 Å². The maximum absolute atomic E-state index is 11.6. The minimum atomic E-state index is -0.397. The minimum absolute atomic E-state index is 0.0437. The molecule has 2 rings (SSSR count). The van der Waals surface area contributed by atoms with Crippen LogP contribution in [-0.4, -0.2) is 41.1 Å². The van der Waals surface area contributed by atoms with Crippen LogP contribution in [0.1, 0.15) is 21.7 Å². The van der Waals surface area contributed by atoms with Crippen molar-refractivity contribution in [2.45, 2.75) is 19.5 Å². The van der Waals surface area contributed by atoms with Gasteiger partial charge in [-0.2, -0.15) is 5.10 Å². The molecule has 0 saturated heterocycles. The lowest BCUT2D eigenvalue weighted by Crippen LogP contribution is -2.24. The van der Waals surface area contributed by atoms with Gasteiger partial charge in [-0.05, 0) is 0 Å². The van der Waals surface area contributed by atoms with Crippen molar-refractivity contribution >= 4 is 5.97 Å². The van der Waals surface area contributed by atoms with E-state index in [2.05, 4.69) is 10.4 Å². The molecule has 0 amide bonds. The lowest BCUT2D eigenvalue weighted by Gasteiger charge is -2.12. The van der Waals surface area contributed by atoms with Gasteiger partial charge < -0.3 is 15.2 Å². The van der Waals surface area contributed by atoms with E-state index < -0.39 is 5.97 Å². The minimum Gasteiger partial charge on any atom is -0.464 e. The monoisotopic (exact) mass is 225 g/mol. The first kappa shape index (κ1) is 11.1. The van der Waals surface area contributed by atoms with Crippen molar-refractivity contribution in [1.29, 1.82) is 0 Å². The summed E-state index contributed by atoms with van der Waals surface area (Å²) in [4.78, 5) is 11.6. The predicted octanol–water partition coefficient (Wildman–Crippen LogP) is -0.692. The largest absolute Gasteiger partial charge is 0.464 e. The Morgan fingerprint density at radius 2 is 2.50 bits per heavy atom. The number of hydrogen-bond acceptors (Lipinski definition) is 5. The maximum atomic E-state index is 11.6. The number of hydrogen-bond donors (Lipinski definition) is 2. The number of rotatable bonds is 3. The van der Waals surface area contributed by atoms with E-state index in [9.17, 15) is 4.79 Å². The zero-order valence-corrected chi connectivity index (χ0v) is 9.19. The van der Waals surface area contributed by atoms with Gasteiger partial charge in [-0.1, -0.05) is 0 Å². The quantitative estimate of drug-likeness (QED) is 0.666. The third kappa shape index (κ3) is 1.81. The number of fused-ring (bicyclic) bond motifs is 1. The molecule has 0 unspecified atom stereocenters. The van der Waals surface area contributed by atoms with Crippen molar-refractivity contribution in [1.82, 2.24) is 15.1 Å². The number of aliphatic hydroxyl groups excluding tert-OH is 1. The van der Waals surface area contributed by atoms with Crippen LogP contribution in [-0.2, 0) is 24.2 Å². The van der Waals surface area contributed by atoms with Crippen LogP contribution in [0, 0.1) is 0 Å². The number of nitrogens with zero attached hydrogens (tertiary/aromatic N) is 2. The van der Waals surface area contributed by atoms with Crippen molar-refractivity contribution in [3.63, 3.8) is 0 Å². The lowest BCUT2D eigenvalue weighted by molar-refractivity contribution is 0.0583. The zero-order chi connectivity index (χ0) is 11.5. The van der Waals surface area contributed by atoms with Crippen LogP contribution in [0.25, 0.3) is 0 Å². The Balaban J connectivity index is 2.44. The van der Waals surface area contributed by atoms with Crippen LogP contribution in [0.2, 0.25) is 0 Å². The third-order valence-corrected chi connectivity index (χ3v) is 2.66. The molecule has 0 saturated carbocycles. The molecule has 1 aromatic heterocycles. The Bertz CT molecular complexity index is 400. The molecule has 0 aliphatic carbocycles. The lowest BCUT2D eigenvalue weighted by atomic mass is 10.1. The normalized spacial score (nSPS) is 14.6. The van der Waals surface area contributed by atoms with E-state index in [0.29, 0.717) is 18.8 Å². The Morgan fingerprint density at radius 3 is 3.19 bits per heavy atom. The number of esters is 1. The van der Waals surface area contributed by atoms with Gasteiger partial charge in [0.25, 0.3) is 0 Å². The van der Waals surface area contributed by atoms with Gasteiger partial charge in [0.05, 0.1) is 26.0 Å². The van der Waals surface area contributed by atoms with Gasteiger partial charge in [0.15, 0.2) is 5.69 Å². The molecule has 0 radical (unpaired) electrons. The molecule has 0 bridgehead atoms. The predicted molar refractivity (Wildman–Crippen MR) is 56.1 cm³/mol. The summed E-state index contributed by atoms with van der Waals surface area (Å²) < 4.78 is 6.27. The van der Waals surface area contributed by atoms with Crippen molar-refractivity contribution < 1.29 is 14.6 Å². The molecule has 6 nitrogen and oxygen atoms in total. The van der Waals surface area contributed by atoms with Gasteiger partial charge in [0, 0.05) is 25.1 Å². The summed E-state index contributed by atoms with van der Waals surface area (Å²) in [6.45, 7) is 1.77. The molecule has 0 fully saturated rings. The van der Waals surface area contributed by atoms with E-state index in [-0.39, 0.29) is 6.61 Å². The average Bonchev–Trinajstić information content (AvgIpc) is 2.66. The topological polar surface area (TPSA) is 76.4 Å². The fourth-order valence-corrected chi connectivity index (χ4v) is 1.94. The SMILES string of the molecule is COC(=O)c1c2c(nn1CCO)CCNC2. The van der Waals surface area contributed by atoms with Crippen molar-refractivity contribution in [2.75, 3.05) is 20.3 Å². The van der Waals surface area contributed by atoms with Gasteiger partial charge in [-0.3, -0.25) is 4.68 Å². The number of carbonyl (C=O) groups excluding carboxylic acids is 1. The van der Waals surface area contributed by atoms with Crippen molar-refractivity contribution in [3.05, 3.63) is 17.0 Å². The van der Waals surface area contributed by atoms with E-state index in [1.807, 2.05) is 0 Å². The Morgan fingerprint density at radius 1 is 1.69 bits per heavy atom. The van der Waals surface area contributed by atoms with E-state index in [1.54, 1.807) is 0 Å². The second-order valence-electron chi connectivity index (χ2n) is 3.64. The standard InChI is InChI=1S/C10H15N3O3/c1-16-10(15)9-7-6-11-3-2-8(7)12-13(9)4-5-14/h11,14H,2-6H2,1H3. The average molecular weight is 225 g/mol. The van der Waals surface area contributed by atoms with Crippen LogP contribution in [0.3, 0.4) is 0 Å². The molecule has 88 valence electrons. The first-order valence-electron chi connectivity index (χ1n) is 5.26. The third-order valence-electron chi connectivity index (χ3n) is 2.66. The van der Waals surface area contributed by atoms with Crippen molar-refractivity contribution in [3.8, 4) is 0 Å². The highest BCUT2D eigenvalue weighted by Gasteiger charge is 2.25. The summed E-state index contributed by atoms with van der Waals surface area (Å²) in [5.41, 5.74) is 2.28. The number of carbonyl (C=O) groups is 1. The summed E-state index contributed by atoms with van der Waals surface area (Å²) in [7, 11) is 1.35. The summed E-state index contributed by atoms with van der Waals surface area (Å²) in [5.74, 6) is -0.397. The highest BCUT2D eigenvalue weighted by Crippen LogP contribution is 2.18. The number of ether oxygens (including phenoxy) is 1. The van der Waals surface area contributed by atoms with Gasteiger partial charge in [0.2, 0.25) is 0 Å². The van der Waals surface area contributed by atoms with E-state index in [0.717, 1.165) is 24.2 Å². The van der Waals surface area contributed by atoms with E-state index in [4.69, 9.17) is 9.84 Å². The molecule has 16 heavy (non-hydrogen) atoms. The van der Waals surface area contributed by atoms with Crippen LogP contribution < -0.4 is 5.32 Å². The Kier molecular flexibility index (Phi) is 3.21. The van der Waals surface area contributed by atoms with Crippen LogP contribution in [0.5, 0.6) is 0 Å². The number of aromatic nitrogens is 2. The molecular weight excluding hydrogens is 210 g/mol. The second-order valence-corrected chi connectivity index (χ2v) is 3.64. The summed E-state index contributed by atoms with van der Waals surface area (Å²) in [6, 6.07) is 0. The number of aliphatic hydroxyl groups is 1. The smallest absolute Gasteiger partial charge is 0.356 e. The molecule has 0 spiro atoms. The van der Waals surface area contributed by atoms with Gasteiger partial charge in [-0.25, -0.2) is 4.79 Å². The zero-order valence-electron chi connectivity index (χ0n) is 9.19. The molecule has 1 aliphatic heterocycles. The van der Waals surface area contributed by atoms with Crippen LogP contribution in [0.15, 0.2) is 0 Å². The highest BCUT2D eigenvalue weighted by molar-refractivity contribution is 5.89. The molecule has 6 heteroatoms. The molecule has 2 N–H and O–H groups in total. The second kappa shape index (κ2) is 4.63. The molecule has 1 aromatic rings. The van der Waals surface area contributed by atoms with Gasteiger partial charge in [0.1, 0.15) is 0 Å². The van der Waals surface area contributed by atoms with Crippen LogP contribution >= 0.6 is 0 Å². The Hall–Kier alpha value is -1.40. The summed E-state index contributed by atoms with van der Waals surface area (Å²) in [6.07, 6.45) is 0.803. The fraction of sp³-hybridized carbons (Fsp3) is 0.600. The first-order chi connectivity index (χ1) is 7.77. The molecule has 2 heterocycles. The maximum Gasteiger partial charge on any atom is 0.356 e. The fourth-order valence-electron chi connectivity index (χ4n) is 1.94. The highest BCUT2D eigenvalue weighted by atomic mass is 16.5. The summed E-state index contributed by atoms with van der Waals surface area (Å²) in [5, 5.41) is 16.4. The van der Waals surface area contributed by atoms with Gasteiger partial charge in [-0.15, -0.1) is 0 Å². The number of nitrogens with one attached hydrogen (secondary N) is 1. The molecular formula is C10H15N3O3. The van der Waals surface area contributed by atoms with E-state index in [1.165, 1.54) is 11.8 Å². The first-order valence-corrected chi connectivity index (χ1v) is 5.26. The Labute approximate surface area is 93.2 Å². The molecule has 0 aromatic carbocycles. The number of methoxy groups -OCH3 is 1. The van der Waals surface area contributed by atoms with E-state index >= 15 is 0 Å². The van der Waals surface area contributed by atoms with Gasteiger partial charge >= 0.3 is 5.97 Å². The van der Waals surface area contributed by atoms with Crippen molar-refractivity contribution in [2.24, 2.45) is 0 Å². The summed E-state index contributed by atoms with van der Waals surface area (Å²) >= 11 is 0. The molecule has 0 atom stereocenters. The molecule has 1 aliphatic rings.